The first-order chi connectivity index (χ1) is 8.77. The molecule has 1 rings (SSSR count). The summed E-state index contributed by atoms with van der Waals surface area (Å²) in [5, 5.41) is 11.5. The van der Waals surface area contributed by atoms with Crippen LogP contribution in [0, 0.1) is 5.92 Å². The first kappa shape index (κ1) is 15.9. The summed E-state index contributed by atoms with van der Waals surface area (Å²) in [6.45, 7) is 3.54. The van der Waals surface area contributed by atoms with Gasteiger partial charge in [-0.15, -0.1) is 0 Å². The number of nitrogens with zero attached hydrogens (tertiary/aromatic N) is 1. The Kier molecular flexibility index (Phi) is 5.33. The first-order valence-electron chi connectivity index (χ1n) is 5.53. The van der Waals surface area contributed by atoms with Gasteiger partial charge < -0.3 is 10.9 Å². The fraction of sp³-hybridized carbons (Fsp3) is 0.364. The molecule has 106 valence electrons. The third-order valence-electron chi connectivity index (χ3n) is 2.49. The Morgan fingerprint density at radius 3 is 2.58 bits per heavy atom. The van der Waals surface area contributed by atoms with E-state index in [4.69, 9.17) is 10.9 Å². The van der Waals surface area contributed by atoms with Gasteiger partial charge >= 0.3 is 0 Å². The van der Waals surface area contributed by atoms with E-state index in [1.807, 2.05) is 0 Å². The van der Waals surface area contributed by atoms with Gasteiger partial charge in [0.05, 0.1) is 10.9 Å². The van der Waals surface area contributed by atoms with Crippen molar-refractivity contribution in [3.05, 3.63) is 28.7 Å². The van der Waals surface area contributed by atoms with E-state index in [1.54, 1.807) is 26.0 Å². The summed E-state index contributed by atoms with van der Waals surface area (Å²) < 4.78 is 27.5. The van der Waals surface area contributed by atoms with Crippen LogP contribution >= 0.6 is 15.9 Å². The maximum atomic E-state index is 12.2. The van der Waals surface area contributed by atoms with Gasteiger partial charge in [-0.1, -0.05) is 41.0 Å². The molecule has 0 bridgehead atoms. The van der Waals surface area contributed by atoms with Crippen LogP contribution in [-0.2, 0) is 10.0 Å². The van der Waals surface area contributed by atoms with E-state index in [2.05, 4.69) is 25.8 Å². The summed E-state index contributed by atoms with van der Waals surface area (Å²) in [7, 11) is -3.73. The molecule has 4 N–H and O–H groups in total. The number of nitrogens with two attached hydrogens (primary N) is 1. The van der Waals surface area contributed by atoms with Gasteiger partial charge in [-0.3, -0.25) is 0 Å². The van der Waals surface area contributed by atoms with Gasteiger partial charge in [0, 0.05) is 4.47 Å². The van der Waals surface area contributed by atoms with Crippen molar-refractivity contribution in [1.29, 1.82) is 0 Å². The van der Waals surface area contributed by atoms with Crippen LogP contribution in [0.4, 0.5) is 0 Å². The number of benzene rings is 1. The lowest BCUT2D eigenvalue weighted by molar-refractivity contribution is 0.313. The van der Waals surface area contributed by atoms with Crippen LogP contribution in [0.1, 0.15) is 13.8 Å². The van der Waals surface area contributed by atoms with Crippen LogP contribution in [0.25, 0.3) is 0 Å². The Labute approximate surface area is 120 Å². The zero-order valence-corrected chi connectivity index (χ0v) is 12.9. The monoisotopic (exact) mass is 349 g/mol. The predicted molar refractivity (Wildman–Crippen MR) is 76.5 cm³/mol. The second kappa shape index (κ2) is 6.36. The summed E-state index contributed by atoms with van der Waals surface area (Å²) in [4.78, 5) is 0.110. The lowest BCUT2D eigenvalue weighted by atomic mass is 10.1. The number of nitrogens with one attached hydrogen (secondary N) is 1. The molecule has 6 nitrogen and oxygen atoms in total. The van der Waals surface area contributed by atoms with E-state index in [1.165, 1.54) is 12.1 Å². The van der Waals surface area contributed by atoms with Crippen molar-refractivity contribution in [2.24, 2.45) is 16.8 Å². The Morgan fingerprint density at radius 2 is 2.11 bits per heavy atom. The van der Waals surface area contributed by atoms with Crippen LogP contribution in [0.15, 0.2) is 38.8 Å². The molecule has 1 aromatic carbocycles. The van der Waals surface area contributed by atoms with Crippen molar-refractivity contribution in [3.8, 4) is 0 Å². The van der Waals surface area contributed by atoms with Crippen molar-refractivity contribution < 1.29 is 13.6 Å². The van der Waals surface area contributed by atoms with E-state index in [9.17, 15) is 8.42 Å². The third-order valence-corrected chi connectivity index (χ3v) is 4.42. The van der Waals surface area contributed by atoms with Crippen LogP contribution in [-0.4, -0.2) is 25.5 Å². The molecule has 0 fully saturated rings. The van der Waals surface area contributed by atoms with Gasteiger partial charge in [-0.05, 0) is 24.1 Å². The van der Waals surface area contributed by atoms with E-state index in [0.29, 0.717) is 4.47 Å². The highest BCUT2D eigenvalue weighted by Gasteiger charge is 2.25. The summed E-state index contributed by atoms with van der Waals surface area (Å²) in [6.07, 6.45) is 0. The highest BCUT2D eigenvalue weighted by atomic mass is 79.9. The summed E-state index contributed by atoms with van der Waals surface area (Å²) in [5.41, 5.74) is 5.50. The number of hydrogen-bond acceptors (Lipinski definition) is 4. The SMILES string of the molecule is CC(C)C(NS(=O)(=O)c1cccc(Br)c1)C(N)=NO. The van der Waals surface area contributed by atoms with Crippen molar-refractivity contribution in [3.63, 3.8) is 0 Å². The van der Waals surface area contributed by atoms with E-state index < -0.39 is 16.1 Å². The van der Waals surface area contributed by atoms with Gasteiger partial charge in [-0.25, -0.2) is 13.1 Å². The molecule has 0 aromatic heterocycles. The van der Waals surface area contributed by atoms with Crippen molar-refractivity contribution in [2.75, 3.05) is 0 Å². The Hall–Kier alpha value is -1.12. The maximum Gasteiger partial charge on any atom is 0.241 e. The molecular weight excluding hydrogens is 334 g/mol. The lowest BCUT2D eigenvalue weighted by Gasteiger charge is -2.20. The normalized spacial score (nSPS) is 14.6. The van der Waals surface area contributed by atoms with Crippen molar-refractivity contribution in [2.45, 2.75) is 24.8 Å². The van der Waals surface area contributed by atoms with Crippen molar-refractivity contribution in [1.82, 2.24) is 4.72 Å². The lowest BCUT2D eigenvalue weighted by Crippen LogP contribution is -2.47. The smallest absolute Gasteiger partial charge is 0.241 e. The Balaban J connectivity index is 3.08. The van der Waals surface area contributed by atoms with Gasteiger partial charge in [-0.2, -0.15) is 0 Å². The number of rotatable bonds is 5. The quantitative estimate of drug-likeness (QED) is 0.324. The van der Waals surface area contributed by atoms with Gasteiger partial charge in [0.1, 0.15) is 0 Å². The standard InChI is InChI=1S/C11H16BrN3O3S/c1-7(2)10(11(13)14-16)15-19(17,18)9-5-3-4-8(12)6-9/h3-7,10,15-16H,1-2H3,(H2,13,14). The van der Waals surface area contributed by atoms with E-state index >= 15 is 0 Å². The highest BCUT2D eigenvalue weighted by Crippen LogP contribution is 2.17. The minimum Gasteiger partial charge on any atom is -0.409 e. The zero-order chi connectivity index (χ0) is 14.6. The minimum absolute atomic E-state index is 0.110. The second-order valence-electron chi connectivity index (χ2n) is 4.33. The molecule has 0 aliphatic carbocycles. The molecule has 0 saturated carbocycles. The number of amidine groups is 1. The summed E-state index contributed by atoms with van der Waals surface area (Å²) in [6, 6.07) is 5.52. The fourth-order valence-electron chi connectivity index (χ4n) is 1.47. The van der Waals surface area contributed by atoms with Crippen LogP contribution in [0.2, 0.25) is 0 Å². The van der Waals surface area contributed by atoms with Gasteiger partial charge in [0.15, 0.2) is 5.84 Å². The number of halogens is 1. The minimum atomic E-state index is -3.73. The van der Waals surface area contributed by atoms with Crippen LogP contribution < -0.4 is 10.5 Å². The molecule has 19 heavy (non-hydrogen) atoms. The second-order valence-corrected chi connectivity index (χ2v) is 6.95. The molecule has 8 heteroatoms. The number of sulfonamides is 1. The third kappa shape index (κ3) is 4.19. The molecule has 0 radical (unpaired) electrons. The summed E-state index contributed by atoms with van der Waals surface area (Å²) >= 11 is 3.21. The van der Waals surface area contributed by atoms with E-state index in [0.717, 1.165) is 0 Å². The van der Waals surface area contributed by atoms with Crippen LogP contribution in [0.3, 0.4) is 0 Å². The maximum absolute atomic E-state index is 12.2. The molecule has 1 atom stereocenters. The topological polar surface area (TPSA) is 105 Å². The largest absolute Gasteiger partial charge is 0.409 e. The average molecular weight is 350 g/mol. The molecule has 0 spiro atoms. The first-order valence-corrected chi connectivity index (χ1v) is 7.81. The van der Waals surface area contributed by atoms with Gasteiger partial charge in [0.2, 0.25) is 10.0 Å². The molecule has 1 aromatic rings. The molecular formula is C11H16BrN3O3S. The zero-order valence-electron chi connectivity index (χ0n) is 10.5. The molecule has 0 amide bonds. The van der Waals surface area contributed by atoms with Crippen molar-refractivity contribution >= 4 is 31.8 Å². The fourth-order valence-corrected chi connectivity index (χ4v) is 3.42. The Morgan fingerprint density at radius 1 is 1.47 bits per heavy atom. The number of hydrogen-bond donors (Lipinski definition) is 3. The van der Waals surface area contributed by atoms with Gasteiger partial charge in [0.25, 0.3) is 0 Å². The Bertz CT molecular complexity index is 572. The molecule has 0 saturated heterocycles. The highest BCUT2D eigenvalue weighted by molar-refractivity contribution is 9.10. The van der Waals surface area contributed by atoms with Crippen LogP contribution in [0.5, 0.6) is 0 Å². The molecule has 0 aliphatic heterocycles. The molecule has 0 heterocycles. The molecule has 0 aliphatic rings. The summed E-state index contributed by atoms with van der Waals surface area (Å²) in [5.74, 6) is -0.327. The number of oxime groups is 1. The predicted octanol–water partition coefficient (Wildman–Crippen LogP) is 1.50. The molecule has 1 unspecified atom stereocenters. The average Bonchev–Trinajstić information content (AvgIpc) is 2.35. The van der Waals surface area contributed by atoms with E-state index in [-0.39, 0.29) is 16.6 Å².